The topological polar surface area (TPSA) is 48.1 Å². The molecule has 4 heteroatoms. The zero-order chi connectivity index (χ0) is 9.84. The Morgan fingerprint density at radius 2 is 2.38 bits per heavy atom. The van der Waals surface area contributed by atoms with Gasteiger partial charge in [0.15, 0.2) is 0 Å². The third-order valence-electron chi connectivity index (χ3n) is 1.88. The molecule has 1 rings (SSSR count). The Morgan fingerprint density at radius 1 is 1.69 bits per heavy atom. The molecule has 0 radical (unpaired) electrons. The first-order valence-corrected chi connectivity index (χ1v) is 4.51. The number of nitrogens with zero attached hydrogens (tertiary/aromatic N) is 1. The van der Waals surface area contributed by atoms with Crippen molar-refractivity contribution in [3.05, 3.63) is 22.8 Å². The highest BCUT2D eigenvalue weighted by Gasteiger charge is 2.11. The normalized spacial score (nSPS) is 12.6. The van der Waals surface area contributed by atoms with Gasteiger partial charge in [-0.2, -0.15) is 0 Å². The molecule has 13 heavy (non-hydrogen) atoms. The lowest BCUT2D eigenvalue weighted by molar-refractivity contribution is 0.388. The minimum absolute atomic E-state index is 0.0684. The van der Waals surface area contributed by atoms with Crippen LogP contribution in [-0.4, -0.2) is 12.1 Å². The van der Waals surface area contributed by atoms with Crippen molar-refractivity contribution in [3.8, 4) is 5.88 Å². The molecule has 0 saturated carbocycles. The number of pyridine rings is 1. The van der Waals surface area contributed by atoms with E-state index in [0.29, 0.717) is 10.9 Å². The second-order valence-electron chi connectivity index (χ2n) is 2.77. The maximum absolute atomic E-state index is 5.86. The summed E-state index contributed by atoms with van der Waals surface area (Å²) in [5.41, 5.74) is 6.72. The van der Waals surface area contributed by atoms with Crippen LogP contribution in [0.2, 0.25) is 5.02 Å². The van der Waals surface area contributed by atoms with Crippen LogP contribution < -0.4 is 10.5 Å². The lowest BCUT2D eigenvalue weighted by atomic mass is 10.1. The Bertz CT molecular complexity index is 291. The van der Waals surface area contributed by atoms with Gasteiger partial charge in [0.1, 0.15) is 0 Å². The molecule has 1 aromatic rings. The van der Waals surface area contributed by atoms with Crippen molar-refractivity contribution in [2.24, 2.45) is 5.73 Å². The van der Waals surface area contributed by atoms with Gasteiger partial charge in [-0.05, 0) is 12.5 Å². The second-order valence-corrected chi connectivity index (χ2v) is 3.20. The standard InChI is InChI=1S/C9H13ClN2O/c1-3-8(11)7-4-6(10)5-12-9(7)13-2/h4-5,8H,3,11H2,1-2H3/t8-/m1/s1. The Hall–Kier alpha value is -0.800. The predicted octanol–water partition coefficient (Wildman–Crippen LogP) is 2.15. The first-order chi connectivity index (χ1) is 6.19. The van der Waals surface area contributed by atoms with Crippen molar-refractivity contribution in [2.75, 3.05) is 7.11 Å². The van der Waals surface area contributed by atoms with Gasteiger partial charge < -0.3 is 10.5 Å². The van der Waals surface area contributed by atoms with E-state index in [9.17, 15) is 0 Å². The lowest BCUT2D eigenvalue weighted by Crippen LogP contribution is -2.10. The average molecular weight is 201 g/mol. The van der Waals surface area contributed by atoms with Crippen LogP contribution in [0, 0.1) is 0 Å². The SMILES string of the molecule is CC[C@@H](N)c1cc(Cl)cnc1OC. The van der Waals surface area contributed by atoms with Crippen LogP contribution in [0.15, 0.2) is 12.3 Å². The maximum Gasteiger partial charge on any atom is 0.217 e. The molecule has 0 aliphatic heterocycles. The minimum atomic E-state index is -0.0684. The first kappa shape index (κ1) is 10.3. The van der Waals surface area contributed by atoms with Crippen molar-refractivity contribution in [2.45, 2.75) is 19.4 Å². The number of hydrogen-bond donors (Lipinski definition) is 1. The van der Waals surface area contributed by atoms with Crippen LogP contribution in [-0.2, 0) is 0 Å². The van der Waals surface area contributed by atoms with Gasteiger partial charge in [0.05, 0.1) is 12.1 Å². The Kier molecular flexibility index (Phi) is 3.51. The third-order valence-corrected chi connectivity index (χ3v) is 2.08. The lowest BCUT2D eigenvalue weighted by Gasteiger charge is -2.12. The molecule has 0 aromatic carbocycles. The Labute approximate surface area is 82.9 Å². The summed E-state index contributed by atoms with van der Waals surface area (Å²) < 4.78 is 5.07. The van der Waals surface area contributed by atoms with Gasteiger partial charge in [-0.15, -0.1) is 0 Å². The molecule has 0 aliphatic rings. The monoisotopic (exact) mass is 200 g/mol. The van der Waals surface area contributed by atoms with Crippen molar-refractivity contribution < 1.29 is 4.74 Å². The van der Waals surface area contributed by atoms with E-state index in [-0.39, 0.29) is 6.04 Å². The van der Waals surface area contributed by atoms with Gasteiger partial charge in [-0.25, -0.2) is 4.98 Å². The smallest absolute Gasteiger partial charge is 0.217 e. The molecule has 0 aliphatic carbocycles. The highest BCUT2D eigenvalue weighted by Crippen LogP contribution is 2.25. The number of methoxy groups -OCH3 is 1. The summed E-state index contributed by atoms with van der Waals surface area (Å²) >= 11 is 5.80. The molecule has 0 bridgehead atoms. The zero-order valence-electron chi connectivity index (χ0n) is 7.75. The Balaban J connectivity index is 3.07. The molecule has 1 aromatic heterocycles. The van der Waals surface area contributed by atoms with Crippen molar-refractivity contribution in [1.29, 1.82) is 0 Å². The molecule has 72 valence electrons. The van der Waals surface area contributed by atoms with Gasteiger partial charge in [0, 0.05) is 17.8 Å². The molecule has 0 saturated heterocycles. The summed E-state index contributed by atoms with van der Waals surface area (Å²) in [5.74, 6) is 0.554. The van der Waals surface area contributed by atoms with Crippen LogP contribution in [0.4, 0.5) is 0 Å². The molecule has 3 nitrogen and oxygen atoms in total. The molecule has 0 spiro atoms. The molecule has 0 unspecified atom stereocenters. The van der Waals surface area contributed by atoms with Gasteiger partial charge in [-0.1, -0.05) is 18.5 Å². The number of aromatic nitrogens is 1. The van der Waals surface area contributed by atoms with Crippen molar-refractivity contribution >= 4 is 11.6 Å². The van der Waals surface area contributed by atoms with Crippen LogP contribution in [0.5, 0.6) is 5.88 Å². The molecule has 1 atom stereocenters. The van der Waals surface area contributed by atoms with Crippen molar-refractivity contribution in [3.63, 3.8) is 0 Å². The van der Waals surface area contributed by atoms with Crippen LogP contribution in [0.25, 0.3) is 0 Å². The zero-order valence-corrected chi connectivity index (χ0v) is 8.51. The van der Waals surface area contributed by atoms with Gasteiger partial charge in [0.2, 0.25) is 5.88 Å². The average Bonchev–Trinajstić information content (AvgIpc) is 2.16. The van der Waals surface area contributed by atoms with E-state index in [4.69, 9.17) is 22.1 Å². The fourth-order valence-corrected chi connectivity index (χ4v) is 1.26. The molecular weight excluding hydrogens is 188 g/mol. The van der Waals surface area contributed by atoms with Gasteiger partial charge in [0.25, 0.3) is 0 Å². The van der Waals surface area contributed by atoms with Crippen LogP contribution in [0.3, 0.4) is 0 Å². The summed E-state index contributed by atoms with van der Waals surface area (Å²) in [6, 6.07) is 1.72. The molecule has 0 amide bonds. The number of ether oxygens (including phenoxy) is 1. The van der Waals surface area contributed by atoms with Crippen LogP contribution >= 0.6 is 11.6 Å². The highest BCUT2D eigenvalue weighted by molar-refractivity contribution is 6.30. The highest BCUT2D eigenvalue weighted by atomic mass is 35.5. The van der Waals surface area contributed by atoms with E-state index in [2.05, 4.69) is 4.98 Å². The third kappa shape index (κ3) is 2.32. The van der Waals surface area contributed by atoms with Crippen LogP contribution in [0.1, 0.15) is 24.9 Å². The van der Waals surface area contributed by atoms with E-state index in [1.165, 1.54) is 0 Å². The number of halogens is 1. The fraction of sp³-hybridized carbons (Fsp3) is 0.444. The number of rotatable bonds is 3. The second kappa shape index (κ2) is 4.44. The summed E-state index contributed by atoms with van der Waals surface area (Å²) in [4.78, 5) is 4.03. The first-order valence-electron chi connectivity index (χ1n) is 4.14. The van der Waals surface area contributed by atoms with E-state index in [0.717, 1.165) is 12.0 Å². The summed E-state index contributed by atoms with van der Waals surface area (Å²) in [7, 11) is 1.57. The summed E-state index contributed by atoms with van der Waals surface area (Å²) in [6.45, 7) is 2.00. The summed E-state index contributed by atoms with van der Waals surface area (Å²) in [5, 5.41) is 0.583. The fourth-order valence-electron chi connectivity index (χ4n) is 1.10. The largest absolute Gasteiger partial charge is 0.481 e. The molecule has 0 fully saturated rings. The van der Waals surface area contributed by atoms with Crippen molar-refractivity contribution in [1.82, 2.24) is 4.98 Å². The Morgan fingerprint density at radius 3 is 2.92 bits per heavy atom. The number of nitrogens with two attached hydrogens (primary N) is 1. The van der Waals surface area contributed by atoms with Gasteiger partial charge in [-0.3, -0.25) is 0 Å². The van der Waals surface area contributed by atoms with E-state index < -0.39 is 0 Å². The molecule has 1 heterocycles. The number of hydrogen-bond acceptors (Lipinski definition) is 3. The quantitative estimate of drug-likeness (QED) is 0.814. The summed E-state index contributed by atoms with van der Waals surface area (Å²) in [6.07, 6.45) is 2.38. The molecule has 2 N–H and O–H groups in total. The minimum Gasteiger partial charge on any atom is -0.481 e. The molecular formula is C9H13ClN2O. The van der Waals surface area contributed by atoms with E-state index >= 15 is 0 Å². The maximum atomic E-state index is 5.86. The predicted molar refractivity (Wildman–Crippen MR) is 53.0 cm³/mol. The van der Waals surface area contributed by atoms with E-state index in [1.54, 1.807) is 19.4 Å². The van der Waals surface area contributed by atoms with E-state index in [1.807, 2.05) is 6.92 Å². The van der Waals surface area contributed by atoms with Gasteiger partial charge >= 0.3 is 0 Å².